The molecule has 4 rings (SSSR count). The van der Waals surface area contributed by atoms with Crippen molar-refractivity contribution in [3.05, 3.63) is 59.9 Å². The zero-order valence-corrected chi connectivity index (χ0v) is 13.5. The number of alkyl halides is 3. The number of hydrogen-bond acceptors (Lipinski definition) is 3. The Hall–Kier alpha value is -2.96. The maximum absolute atomic E-state index is 13.5. The van der Waals surface area contributed by atoms with Crippen LogP contribution in [-0.2, 0) is 5.41 Å². The molecule has 1 aliphatic carbocycles. The van der Waals surface area contributed by atoms with Crippen molar-refractivity contribution >= 4 is 16.7 Å². The van der Waals surface area contributed by atoms with Crippen LogP contribution in [0.4, 0.5) is 13.2 Å². The first-order chi connectivity index (χ1) is 12.3. The molecule has 1 fully saturated rings. The molecule has 3 aromatic rings. The largest absolute Gasteiger partial charge is 0.400 e. The molecule has 0 unspecified atom stereocenters. The van der Waals surface area contributed by atoms with Crippen LogP contribution in [-0.4, -0.2) is 22.3 Å². The molecule has 7 heteroatoms. The Morgan fingerprint density at radius 3 is 2.46 bits per heavy atom. The van der Waals surface area contributed by atoms with Crippen LogP contribution in [0.3, 0.4) is 0 Å². The zero-order valence-electron chi connectivity index (χ0n) is 13.5. The molecule has 0 bridgehead atoms. The minimum atomic E-state index is -4.34. The van der Waals surface area contributed by atoms with Gasteiger partial charge in [-0.15, -0.1) is 0 Å². The number of halogens is 3. The summed E-state index contributed by atoms with van der Waals surface area (Å²) in [6.07, 6.45) is -2.82. The van der Waals surface area contributed by atoms with Gasteiger partial charge in [0.25, 0.3) is 0 Å². The fourth-order valence-electron chi connectivity index (χ4n) is 3.25. The van der Waals surface area contributed by atoms with Crippen LogP contribution in [0.15, 0.2) is 48.7 Å². The molecule has 0 aliphatic heterocycles. The maximum atomic E-state index is 13.5. The van der Waals surface area contributed by atoms with Crippen molar-refractivity contribution in [1.82, 2.24) is 10.2 Å². The summed E-state index contributed by atoms with van der Waals surface area (Å²) >= 11 is 0. The summed E-state index contributed by atoms with van der Waals surface area (Å²) in [5, 5.41) is 8.63. The van der Waals surface area contributed by atoms with Crippen LogP contribution >= 0.6 is 0 Å². The number of carbonyl (C=O) groups is 1. The molecule has 132 valence electrons. The fraction of sp³-hybridized carbons (Fsp3) is 0.211. The SMILES string of the molecule is NC(=O)c1cccc(-c2ccc3c(C4(C(F)(F)F)CC4)nncc3c2)c1. The van der Waals surface area contributed by atoms with Crippen molar-refractivity contribution in [2.24, 2.45) is 5.73 Å². The molecule has 0 radical (unpaired) electrons. The van der Waals surface area contributed by atoms with Crippen molar-refractivity contribution in [3.8, 4) is 11.1 Å². The van der Waals surface area contributed by atoms with Gasteiger partial charge in [-0.1, -0.05) is 24.3 Å². The third-order valence-electron chi connectivity index (χ3n) is 4.89. The Labute approximate surface area is 146 Å². The second-order valence-corrected chi connectivity index (χ2v) is 6.52. The van der Waals surface area contributed by atoms with Crippen LogP contribution in [0.1, 0.15) is 28.9 Å². The molecular formula is C19H14F3N3O. The van der Waals surface area contributed by atoms with E-state index in [1.807, 2.05) is 0 Å². The van der Waals surface area contributed by atoms with Crippen LogP contribution in [0.25, 0.3) is 21.9 Å². The standard InChI is InChI=1S/C19H14F3N3O/c20-19(21,22)18(6-7-18)16-15-5-4-12(9-14(15)10-24-25-16)11-2-1-3-13(8-11)17(23)26/h1-5,8-10H,6-7H2,(H2,23,26). The minimum absolute atomic E-state index is 0.0139. The Morgan fingerprint density at radius 1 is 1.08 bits per heavy atom. The Bertz CT molecular complexity index is 1030. The molecule has 1 amide bonds. The highest BCUT2D eigenvalue weighted by molar-refractivity contribution is 5.95. The molecule has 4 nitrogen and oxygen atoms in total. The monoisotopic (exact) mass is 357 g/mol. The zero-order chi connectivity index (χ0) is 18.5. The van der Waals surface area contributed by atoms with Gasteiger partial charge in [-0.3, -0.25) is 4.79 Å². The summed E-state index contributed by atoms with van der Waals surface area (Å²) in [4.78, 5) is 11.4. The molecule has 2 N–H and O–H groups in total. The maximum Gasteiger partial charge on any atom is 0.400 e. The number of amides is 1. The Balaban J connectivity index is 1.83. The highest BCUT2D eigenvalue weighted by Gasteiger charge is 2.66. The van der Waals surface area contributed by atoms with E-state index < -0.39 is 17.5 Å². The molecule has 26 heavy (non-hydrogen) atoms. The lowest BCUT2D eigenvalue weighted by Gasteiger charge is -2.19. The van der Waals surface area contributed by atoms with E-state index in [-0.39, 0.29) is 18.5 Å². The second kappa shape index (κ2) is 5.52. The molecule has 0 spiro atoms. The average Bonchev–Trinajstić information content (AvgIpc) is 3.42. The van der Waals surface area contributed by atoms with E-state index in [1.54, 1.807) is 42.5 Å². The molecule has 1 aromatic heterocycles. The number of nitrogens with two attached hydrogens (primary N) is 1. The summed E-state index contributed by atoms with van der Waals surface area (Å²) < 4.78 is 40.4. The van der Waals surface area contributed by atoms with Gasteiger partial charge in [-0.2, -0.15) is 23.4 Å². The molecule has 1 heterocycles. The number of carbonyl (C=O) groups excluding carboxylic acids is 1. The summed E-state index contributed by atoms with van der Waals surface area (Å²) in [7, 11) is 0. The molecule has 0 atom stereocenters. The predicted molar refractivity (Wildman–Crippen MR) is 90.5 cm³/mol. The van der Waals surface area contributed by atoms with Gasteiger partial charge in [0.15, 0.2) is 0 Å². The van der Waals surface area contributed by atoms with Gasteiger partial charge >= 0.3 is 6.18 Å². The van der Waals surface area contributed by atoms with Crippen molar-refractivity contribution in [1.29, 1.82) is 0 Å². The molecule has 0 saturated heterocycles. The first-order valence-electron chi connectivity index (χ1n) is 8.05. The minimum Gasteiger partial charge on any atom is -0.366 e. The second-order valence-electron chi connectivity index (χ2n) is 6.52. The number of benzene rings is 2. The smallest absolute Gasteiger partial charge is 0.366 e. The average molecular weight is 357 g/mol. The summed E-state index contributed by atoms with van der Waals surface area (Å²) in [6.45, 7) is 0. The lowest BCUT2D eigenvalue weighted by molar-refractivity contribution is -0.161. The quantitative estimate of drug-likeness (QED) is 0.771. The van der Waals surface area contributed by atoms with E-state index in [0.29, 0.717) is 16.3 Å². The van der Waals surface area contributed by atoms with Crippen molar-refractivity contribution in [3.63, 3.8) is 0 Å². The first-order valence-corrected chi connectivity index (χ1v) is 8.05. The van der Waals surface area contributed by atoms with Crippen molar-refractivity contribution < 1.29 is 18.0 Å². The van der Waals surface area contributed by atoms with Gasteiger partial charge in [-0.25, -0.2) is 0 Å². The van der Waals surface area contributed by atoms with E-state index in [2.05, 4.69) is 10.2 Å². The number of rotatable bonds is 3. The lowest BCUT2D eigenvalue weighted by Crippen LogP contribution is -2.30. The van der Waals surface area contributed by atoms with E-state index in [4.69, 9.17) is 5.73 Å². The molecule has 1 aliphatic rings. The van der Waals surface area contributed by atoms with E-state index in [1.165, 1.54) is 6.20 Å². The predicted octanol–water partition coefficient (Wildman–Crippen LogP) is 3.99. The van der Waals surface area contributed by atoms with E-state index in [9.17, 15) is 18.0 Å². The third-order valence-corrected chi connectivity index (χ3v) is 4.89. The Morgan fingerprint density at radius 2 is 1.81 bits per heavy atom. The van der Waals surface area contributed by atoms with Gasteiger partial charge in [-0.05, 0) is 42.2 Å². The Kier molecular flexibility index (Phi) is 3.50. The highest BCUT2D eigenvalue weighted by Crippen LogP contribution is 2.59. The van der Waals surface area contributed by atoms with Crippen LogP contribution < -0.4 is 5.73 Å². The number of nitrogens with zero attached hydrogens (tertiary/aromatic N) is 2. The van der Waals surface area contributed by atoms with Crippen molar-refractivity contribution in [2.45, 2.75) is 24.4 Å². The number of primary amides is 1. The first kappa shape index (κ1) is 16.5. The van der Waals surface area contributed by atoms with Gasteiger partial charge < -0.3 is 5.73 Å². The number of hydrogen-bond donors (Lipinski definition) is 1. The van der Waals surface area contributed by atoms with E-state index >= 15 is 0 Å². The van der Waals surface area contributed by atoms with E-state index in [0.717, 1.165) is 11.1 Å². The van der Waals surface area contributed by atoms with Gasteiger partial charge in [0.05, 0.1) is 11.9 Å². The summed E-state index contributed by atoms with van der Waals surface area (Å²) in [5.41, 5.74) is 5.28. The van der Waals surface area contributed by atoms with Crippen LogP contribution in [0.2, 0.25) is 0 Å². The molecule has 1 saturated carbocycles. The number of fused-ring (bicyclic) bond motifs is 1. The topological polar surface area (TPSA) is 68.9 Å². The van der Waals surface area contributed by atoms with Gasteiger partial charge in [0.1, 0.15) is 5.41 Å². The molecular weight excluding hydrogens is 343 g/mol. The van der Waals surface area contributed by atoms with Crippen LogP contribution in [0, 0.1) is 0 Å². The lowest BCUT2D eigenvalue weighted by atomic mass is 9.94. The van der Waals surface area contributed by atoms with Crippen LogP contribution in [0.5, 0.6) is 0 Å². The normalized spacial score (nSPS) is 15.8. The molecule has 2 aromatic carbocycles. The summed E-state index contributed by atoms with van der Waals surface area (Å²) in [6, 6.07) is 11.9. The third kappa shape index (κ3) is 2.51. The number of aromatic nitrogens is 2. The summed E-state index contributed by atoms with van der Waals surface area (Å²) in [5.74, 6) is -0.540. The van der Waals surface area contributed by atoms with Gasteiger partial charge in [0.2, 0.25) is 5.91 Å². The highest BCUT2D eigenvalue weighted by atomic mass is 19.4. The van der Waals surface area contributed by atoms with Crippen molar-refractivity contribution in [2.75, 3.05) is 0 Å². The van der Waals surface area contributed by atoms with Gasteiger partial charge in [0, 0.05) is 16.3 Å². The fourth-order valence-corrected chi connectivity index (χ4v) is 3.25.